The lowest BCUT2D eigenvalue weighted by Crippen LogP contribution is -2.49. The van der Waals surface area contributed by atoms with Gasteiger partial charge in [-0.05, 0) is 57.0 Å². The summed E-state index contributed by atoms with van der Waals surface area (Å²) in [5, 5.41) is 2.86. The number of hydrogen-bond acceptors (Lipinski definition) is 4. The minimum absolute atomic E-state index is 0.0428. The topological polar surface area (TPSA) is 86.8 Å². The molecule has 2 aromatic rings. The molecule has 0 saturated heterocycles. The number of nitrogens with one attached hydrogen (secondary N) is 1. The highest BCUT2D eigenvalue weighted by atomic mass is 79.9. The molecule has 7 nitrogen and oxygen atoms in total. The third-order valence-electron chi connectivity index (χ3n) is 5.06. The van der Waals surface area contributed by atoms with Crippen molar-refractivity contribution in [3.63, 3.8) is 0 Å². The average Bonchev–Trinajstić information content (AvgIpc) is 2.75. The Balaban J connectivity index is 2.14. The van der Waals surface area contributed by atoms with Crippen molar-refractivity contribution in [1.82, 2.24) is 10.2 Å². The predicted molar refractivity (Wildman–Crippen MR) is 135 cm³/mol. The number of hydrogen-bond donors (Lipinski definition) is 1. The Morgan fingerprint density at radius 3 is 2.15 bits per heavy atom. The van der Waals surface area contributed by atoms with Crippen LogP contribution in [0.3, 0.4) is 0 Å². The minimum atomic E-state index is -3.49. The van der Waals surface area contributed by atoms with E-state index in [1.807, 2.05) is 44.2 Å². The minimum Gasteiger partial charge on any atom is -0.352 e. The Labute approximate surface area is 205 Å². The molecule has 0 heterocycles. The van der Waals surface area contributed by atoms with E-state index >= 15 is 0 Å². The number of carbonyl (C=O) groups excluding carboxylic acids is 2. The molecular weight excluding hydrogens is 506 g/mol. The molecule has 0 aliphatic rings. The van der Waals surface area contributed by atoms with Gasteiger partial charge in [0.15, 0.2) is 0 Å². The first-order valence-corrected chi connectivity index (χ1v) is 13.5. The van der Waals surface area contributed by atoms with Crippen LogP contribution in [0.1, 0.15) is 39.2 Å². The van der Waals surface area contributed by atoms with E-state index in [2.05, 4.69) is 21.2 Å². The second-order valence-electron chi connectivity index (χ2n) is 8.26. The summed E-state index contributed by atoms with van der Waals surface area (Å²) in [6, 6.07) is 15.7. The molecule has 1 N–H and O–H groups in total. The normalized spacial score (nSPS) is 12.3. The fraction of sp³-hybridized carbons (Fsp3) is 0.417. The highest BCUT2D eigenvalue weighted by Crippen LogP contribution is 2.19. The molecule has 0 aromatic heterocycles. The molecule has 2 rings (SSSR count). The van der Waals surface area contributed by atoms with E-state index in [1.165, 1.54) is 4.31 Å². The second-order valence-corrected chi connectivity index (χ2v) is 11.1. The van der Waals surface area contributed by atoms with Gasteiger partial charge in [-0.1, -0.05) is 46.3 Å². The maximum Gasteiger partial charge on any atom is 0.242 e. The van der Waals surface area contributed by atoms with Crippen LogP contribution in [0.5, 0.6) is 0 Å². The lowest BCUT2D eigenvalue weighted by atomic mass is 10.1. The first-order valence-electron chi connectivity index (χ1n) is 10.9. The Kier molecular flexibility index (Phi) is 9.91. The van der Waals surface area contributed by atoms with Gasteiger partial charge in [-0.3, -0.25) is 13.9 Å². The van der Waals surface area contributed by atoms with Crippen molar-refractivity contribution in [3.8, 4) is 0 Å². The molecule has 0 aliphatic carbocycles. The zero-order valence-corrected chi connectivity index (χ0v) is 21.9. The van der Waals surface area contributed by atoms with Gasteiger partial charge in [-0.2, -0.15) is 0 Å². The Hall–Kier alpha value is -2.39. The predicted octanol–water partition coefficient (Wildman–Crippen LogP) is 3.94. The molecule has 0 spiro atoms. The van der Waals surface area contributed by atoms with Gasteiger partial charge in [-0.25, -0.2) is 8.42 Å². The number of sulfonamides is 1. The first-order chi connectivity index (χ1) is 15.5. The van der Waals surface area contributed by atoms with Crippen molar-refractivity contribution < 1.29 is 18.0 Å². The van der Waals surface area contributed by atoms with Crippen LogP contribution in [0.4, 0.5) is 5.69 Å². The summed E-state index contributed by atoms with van der Waals surface area (Å²) in [6.07, 6.45) is 1.60. The van der Waals surface area contributed by atoms with Gasteiger partial charge in [0, 0.05) is 30.0 Å². The van der Waals surface area contributed by atoms with E-state index < -0.39 is 16.1 Å². The lowest BCUT2D eigenvalue weighted by molar-refractivity contribution is -0.140. The fourth-order valence-corrected chi connectivity index (χ4v) is 4.60. The summed E-state index contributed by atoms with van der Waals surface area (Å²) in [5.74, 6) is -0.427. The molecule has 0 bridgehead atoms. The molecule has 9 heteroatoms. The van der Waals surface area contributed by atoms with Gasteiger partial charge < -0.3 is 10.2 Å². The third-order valence-corrected chi connectivity index (χ3v) is 6.78. The summed E-state index contributed by atoms with van der Waals surface area (Å²) in [7, 11) is -3.49. The Bertz CT molecular complexity index is 1030. The van der Waals surface area contributed by atoms with E-state index in [0.717, 1.165) is 16.3 Å². The Morgan fingerprint density at radius 1 is 1.00 bits per heavy atom. The van der Waals surface area contributed by atoms with Crippen LogP contribution >= 0.6 is 15.9 Å². The average molecular weight is 539 g/mol. The molecule has 2 amide bonds. The zero-order chi connectivity index (χ0) is 24.6. The molecule has 0 radical (unpaired) electrons. The van der Waals surface area contributed by atoms with Crippen LogP contribution in [-0.4, -0.2) is 50.0 Å². The number of anilines is 1. The second kappa shape index (κ2) is 12.2. The van der Waals surface area contributed by atoms with Gasteiger partial charge in [0.05, 0.1) is 11.9 Å². The molecule has 0 fully saturated rings. The Morgan fingerprint density at radius 2 is 1.61 bits per heavy atom. The number of amides is 2. The molecule has 180 valence electrons. The van der Waals surface area contributed by atoms with Crippen molar-refractivity contribution >= 4 is 43.5 Å². The molecule has 0 saturated carbocycles. The van der Waals surface area contributed by atoms with Gasteiger partial charge >= 0.3 is 0 Å². The van der Waals surface area contributed by atoms with E-state index in [-0.39, 0.29) is 37.4 Å². The number of para-hydroxylation sites is 1. The van der Waals surface area contributed by atoms with Crippen molar-refractivity contribution in [2.24, 2.45) is 0 Å². The number of benzene rings is 2. The quantitative estimate of drug-likeness (QED) is 0.470. The van der Waals surface area contributed by atoms with Gasteiger partial charge in [-0.15, -0.1) is 0 Å². The zero-order valence-electron chi connectivity index (χ0n) is 19.5. The highest BCUT2D eigenvalue weighted by molar-refractivity contribution is 9.10. The van der Waals surface area contributed by atoms with Crippen molar-refractivity contribution in [1.29, 1.82) is 0 Å². The molecule has 33 heavy (non-hydrogen) atoms. The van der Waals surface area contributed by atoms with Gasteiger partial charge in [0.25, 0.3) is 0 Å². The summed E-state index contributed by atoms with van der Waals surface area (Å²) >= 11 is 3.40. The van der Waals surface area contributed by atoms with E-state index in [1.54, 1.807) is 36.1 Å². The van der Waals surface area contributed by atoms with Gasteiger partial charge in [0.1, 0.15) is 6.04 Å². The fourth-order valence-electron chi connectivity index (χ4n) is 3.37. The number of rotatable bonds is 11. The van der Waals surface area contributed by atoms with Crippen LogP contribution in [-0.2, 0) is 26.2 Å². The van der Waals surface area contributed by atoms with Crippen LogP contribution < -0.4 is 9.62 Å². The molecular formula is C24H32BrN3O4S. The summed E-state index contributed by atoms with van der Waals surface area (Å²) < 4.78 is 26.8. The summed E-state index contributed by atoms with van der Waals surface area (Å²) in [4.78, 5) is 27.4. The first kappa shape index (κ1) is 26.9. The smallest absolute Gasteiger partial charge is 0.242 e. The van der Waals surface area contributed by atoms with Gasteiger partial charge in [0.2, 0.25) is 21.8 Å². The molecule has 0 aliphatic heterocycles. The number of carbonyl (C=O) groups is 2. The van der Waals surface area contributed by atoms with Crippen LogP contribution in [0.2, 0.25) is 0 Å². The van der Waals surface area contributed by atoms with Crippen LogP contribution in [0.15, 0.2) is 59.1 Å². The molecule has 1 atom stereocenters. The largest absolute Gasteiger partial charge is 0.352 e. The maximum atomic E-state index is 13.2. The summed E-state index contributed by atoms with van der Waals surface area (Å²) in [6.45, 7) is 5.91. The van der Waals surface area contributed by atoms with E-state index in [9.17, 15) is 18.0 Å². The SMILES string of the molecule is CC(C)NC(=O)[C@H](C)N(Cc1ccc(Br)cc1)C(=O)CCCN(c1ccccc1)S(C)(=O)=O. The van der Waals surface area contributed by atoms with Crippen LogP contribution in [0, 0.1) is 0 Å². The highest BCUT2D eigenvalue weighted by Gasteiger charge is 2.27. The lowest BCUT2D eigenvalue weighted by Gasteiger charge is -2.30. The van der Waals surface area contributed by atoms with Crippen molar-refractivity contribution in [2.75, 3.05) is 17.1 Å². The molecule has 2 aromatic carbocycles. The summed E-state index contributed by atoms with van der Waals surface area (Å²) in [5.41, 5.74) is 1.46. The van der Waals surface area contributed by atoms with Crippen LogP contribution in [0.25, 0.3) is 0 Å². The standard InChI is InChI=1S/C24H32BrN3O4S/c1-18(2)26-24(30)19(3)27(17-20-12-14-21(25)15-13-20)23(29)11-8-16-28(33(4,31)32)22-9-6-5-7-10-22/h5-7,9-10,12-15,18-19H,8,11,16-17H2,1-4H3,(H,26,30)/t19-/m0/s1. The monoisotopic (exact) mass is 537 g/mol. The van der Waals surface area contributed by atoms with Crippen molar-refractivity contribution in [3.05, 3.63) is 64.6 Å². The number of halogens is 1. The molecule has 0 unspecified atom stereocenters. The maximum absolute atomic E-state index is 13.2. The van der Waals surface area contributed by atoms with E-state index in [4.69, 9.17) is 0 Å². The third kappa shape index (κ3) is 8.47. The van der Waals surface area contributed by atoms with Crippen molar-refractivity contribution in [2.45, 2.75) is 52.2 Å². The van der Waals surface area contributed by atoms with E-state index in [0.29, 0.717) is 12.1 Å². The number of nitrogens with zero attached hydrogens (tertiary/aromatic N) is 2.